The van der Waals surface area contributed by atoms with Crippen molar-refractivity contribution in [3.05, 3.63) is 29.6 Å². The molecule has 3 rings (SSSR count). The van der Waals surface area contributed by atoms with E-state index in [1.807, 2.05) is 5.38 Å². The molecule has 2 heterocycles. The molecule has 0 spiro atoms. The van der Waals surface area contributed by atoms with Crippen molar-refractivity contribution in [2.45, 2.75) is 13.3 Å². The Morgan fingerprint density at radius 1 is 1.18 bits per heavy atom. The van der Waals surface area contributed by atoms with Gasteiger partial charge in [-0.3, -0.25) is 4.90 Å². The standard InChI is InChI=1S/C16H23N5S/c1-2-7-20-8-10-21(11-9-20)14-5-3-13(4-6-14)18-16-19-15(17)12-22-16/h3-6,12H,2,7-11,17H2,1H3,(H,18,19). The van der Waals surface area contributed by atoms with Gasteiger partial charge < -0.3 is 16.0 Å². The van der Waals surface area contributed by atoms with E-state index < -0.39 is 0 Å². The zero-order valence-corrected chi connectivity index (χ0v) is 13.8. The Bertz CT molecular complexity index is 587. The number of benzene rings is 1. The van der Waals surface area contributed by atoms with E-state index in [1.165, 1.54) is 30.0 Å². The SMILES string of the molecule is CCCN1CCN(c2ccc(Nc3nc(N)cs3)cc2)CC1. The summed E-state index contributed by atoms with van der Waals surface area (Å²) in [5.74, 6) is 0.564. The zero-order valence-electron chi connectivity index (χ0n) is 13.0. The van der Waals surface area contributed by atoms with Crippen LogP contribution >= 0.6 is 11.3 Å². The summed E-state index contributed by atoms with van der Waals surface area (Å²) in [6.07, 6.45) is 1.24. The Morgan fingerprint density at radius 2 is 1.91 bits per heavy atom. The molecule has 0 amide bonds. The van der Waals surface area contributed by atoms with Crippen molar-refractivity contribution < 1.29 is 0 Å². The van der Waals surface area contributed by atoms with Crippen LogP contribution in [0.15, 0.2) is 29.6 Å². The third kappa shape index (κ3) is 3.69. The van der Waals surface area contributed by atoms with Crippen LogP contribution in [0.25, 0.3) is 0 Å². The van der Waals surface area contributed by atoms with E-state index in [0.29, 0.717) is 5.82 Å². The fourth-order valence-electron chi connectivity index (χ4n) is 2.77. The Kier molecular flexibility index (Phi) is 4.80. The second-order valence-corrected chi connectivity index (χ2v) is 6.44. The Morgan fingerprint density at radius 3 is 2.50 bits per heavy atom. The number of aromatic nitrogens is 1. The molecule has 1 aliphatic rings. The van der Waals surface area contributed by atoms with Gasteiger partial charge in [0, 0.05) is 42.9 Å². The van der Waals surface area contributed by atoms with Crippen molar-refractivity contribution in [2.24, 2.45) is 0 Å². The Hall–Kier alpha value is -1.79. The highest BCUT2D eigenvalue weighted by Crippen LogP contribution is 2.24. The molecule has 0 atom stereocenters. The van der Waals surface area contributed by atoms with E-state index in [9.17, 15) is 0 Å². The quantitative estimate of drug-likeness (QED) is 0.888. The molecule has 22 heavy (non-hydrogen) atoms. The van der Waals surface area contributed by atoms with Gasteiger partial charge in [-0.2, -0.15) is 0 Å². The smallest absolute Gasteiger partial charge is 0.189 e. The highest BCUT2D eigenvalue weighted by atomic mass is 32.1. The van der Waals surface area contributed by atoms with Crippen molar-refractivity contribution in [3.8, 4) is 0 Å². The van der Waals surface area contributed by atoms with Gasteiger partial charge in [0.05, 0.1) is 0 Å². The minimum absolute atomic E-state index is 0.564. The number of nitrogens with two attached hydrogens (primary N) is 1. The molecule has 1 aliphatic heterocycles. The third-order valence-electron chi connectivity index (χ3n) is 3.92. The summed E-state index contributed by atoms with van der Waals surface area (Å²) in [6, 6.07) is 8.56. The van der Waals surface area contributed by atoms with Crippen LogP contribution in [-0.4, -0.2) is 42.6 Å². The van der Waals surface area contributed by atoms with Gasteiger partial charge in [-0.1, -0.05) is 6.92 Å². The van der Waals surface area contributed by atoms with Crippen LogP contribution in [0, 0.1) is 0 Å². The third-order valence-corrected chi connectivity index (χ3v) is 4.69. The first kappa shape index (κ1) is 15.1. The first-order valence-electron chi connectivity index (χ1n) is 7.80. The molecule has 0 radical (unpaired) electrons. The van der Waals surface area contributed by atoms with Gasteiger partial charge in [0.1, 0.15) is 5.82 Å². The first-order valence-corrected chi connectivity index (χ1v) is 8.68. The maximum atomic E-state index is 5.64. The number of piperazine rings is 1. The molecule has 5 nitrogen and oxygen atoms in total. The van der Waals surface area contributed by atoms with Crippen LogP contribution in [0.5, 0.6) is 0 Å². The lowest BCUT2D eigenvalue weighted by Gasteiger charge is -2.36. The minimum Gasteiger partial charge on any atom is -0.383 e. The highest BCUT2D eigenvalue weighted by Gasteiger charge is 2.16. The summed E-state index contributed by atoms with van der Waals surface area (Å²) in [7, 11) is 0. The number of hydrogen-bond donors (Lipinski definition) is 2. The number of anilines is 4. The van der Waals surface area contributed by atoms with E-state index >= 15 is 0 Å². The van der Waals surface area contributed by atoms with Gasteiger partial charge in [0.25, 0.3) is 0 Å². The van der Waals surface area contributed by atoms with E-state index in [-0.39, 0.29) is 0 Å². The molecule has 1 aromatic heterocycles. The lowest BCUT2D eigenvalue weighted by molar-refractivity contribution is 0.258. The number of nitrogen functional groups attached to an aromatic ring is 1. The van der Waals surface area contributed by atoms with Gasteiger partial charge in [-0.05, 0) is 37.2 Å². The number of rotatable bonds is 5. The summed E-state index contributed by atoms with van der Waals surface area (Å²) in [4.78, 5) is 9.21. The predicted molar refractivity (Wildman–Crippen MR) is 95.2 cm³/mol. The fourth-order valence-corrected chi connectivity index (χ4v) is 3.39. The largest absolute Gasteiger partial charge is 0.383 e. The zero-order chi connectivity index (χ0) is 15.4. The van der Waals surface area contributed by atoms with Crippen molar-refractivity contribution >= 4 is 33.7 Å². The van der Waals surface area contributed by atoms with Gasteiger partial charge in [-0.15, -0.1) is 11.3 Å². The maximum absolute atomic E-state index is 5.64. The number of thiazole rings is 1. The maximum Gasteiger partial charge on any atom is 0.189 e. The minimum atomic E-state index is 0.564. The molecule has 6 heteroatoms. The topological polar surface area (TPSA) is 57.4 Å². The van der Waals surface area contributed by atoms with Crippen LogP contribution in [0.3, 0.4) is 0 Å². The molecule has 118 valence electrons. The van der Waals surface area contributed by atoms with Crippen LogP contribution in [0.1, 0.15) is 13.3 Å². The monoisotopic (exact) mass is 317 g/mol. The van der Waals surface area contributed by atoms with Crippen molar-refractivity contribution in [1.82, 2.24) is 9.88 Å². The van der Waals surface area contributed by atoms with E-state index in [1.54, 1.807) is 0 Å². The van der Waals surface area contributed by atoms with Crippen LogP contribution in [-0.2, 0) is 0 Å². The van der Waals surface area contributed by atoms with E-state index in [4.69, 9.17) is 5.73 Å². The van der Waals surface area contributed by atoms with Gasteiger partial charge in [-0.25, -0.2) is 4.98 Å². The number of nitrogens with zero attached hydrogens (tertiary/aromatic N) is 3. The summed E-state index contributed by atoms with van der Waals surface area (Å²) in [5, 5.41) is 5.95. The molecule has 2 aromatic rings. The summed E-state index contributed by atoms with van der Waals surface area (Å²) in [5.41, 5.74) is 7.97. The molecule has 1 saturated heterocycles. The second-order valence-electron chi connectivity index (χ2n) is 5.58. The number of nitrogens with one attached hydrogen (secondary N) is 1. The average Bonchev–Trinajstić information content (AvgIpc) is 2.94. The molecule has 3 N–H and O–H groups in total. The molecule has 0 bridgehead atoms. The summed E-state index contributed by atoms with van der Waals surface area (Å²) in [6.45, 7) is 7.99. The van der Waals surface area contributed by atoms with Crippen LogP contribution in [0.2, 0.25) is 0 Å². The van der Waals surface area contributed by atoms with Crippen molar-refractivity contribution in [3.63, 3.8) is 0 Å². The lowest BCUT2D eigenvalue weighted by atomic mass is 10.2. The molecule has 1 fully saturated rings. The highest BCUT2D eigenvalue weighted by molar-refractivity contribution is 7.14. The van der Waals surface area contributed by atoms with Gasteiger partial charge in [0.2, 0.25) is 0 Å². The van der Waals surface area contributed by atoms with E-state index in [0.717, 1.165) is 37.0 Å². The van der Waals surface area contributed by atoms with Crippen LogP contribution in [0.4, 0.5) is 22.3 Å². The van der Waals surface area contributed by atoms with Gasteiger partial charge >= 0.3 is 0 Å². The fraction of sp³-hybridized carbons (Fsp3) is 0.438. The summed E-state index contributed by atoms with van der Waals surface area (Å²) >= 11 is 1.52. The Balaban J connectivity index is 1.57. The normalized spacial score (nSPS) is 16.0. The lowest BCUT2D eigenvalue weighted by Crippen LogP contribution is -2.46. The first-order chi connectivity index (χ1) is 10.7. The van der Waals surface area contributed by atoms with Crippen LogP contribution < -0.4 is 16.0 Å². The molecule has 0 aliphatic carbocycles. The second kappa shape index (κ2) is 6.98. The molecule has 0 unspecified atom stereocenters. The van der Waals surface area contributed by atoms with Crippen molar-refractivity contribution in [2.75, 3.05) is 48.7 Å². The average molecular weight is 317 g/mol. The molecular weight excluding hydrogens is 294 g/mol. The van der Waals surface area contributed by atoms with E-state index in [2.05, 4.69) is 51.3 Å². The molecular formula is C16H23N5S. The molecule has 1 aromatic carbocycles. The number of hydrogen-bond acceptors (Lipinski definition) is 6. The van der Waals surface area contributed by atoms with Crippen molar-refractivity contribution in [1.29, 1.82) is 0 Å². The van der Waals surface area contributed by atoms with Gasteiger partial charge in [0.15, 0.2) is 5.13 Å². The predicted octanol–water partition coefficient (Wildman–Crippen LogP) is 3.00. The Labute approximate surface area is 135 Å². The summed E-state index contributed by atoms with van der Waals surface area (Å²) < 4.78 is 0. The molecule has 0 saturated carbocycles.